The normalized spacial score (nSPS) is 16.8. The fraction of sp³-hybridized carbons (Fsp3) is 0.444. The molecule has 0 radical (unpaired) electrons. The van der Waals surface area contributed by atoms with Crippen molar-refractivity contribution in [3.63, 3.8) is 0 Å². The molecule has 0 saturated carbocycles. The number of ether oxygens (including phenoxy) is 2. The Balaban J connectivity index is 1.37. The van der Waals surface area contributed by atoms with Crippen LogP contribution in [0.2, 0.25) is 0 Å². The van der Waals surface area contributed by atoms with Gasteiger partial charge in [-0.05, 0) is 50.1 Å². The van der Waals surface area contributed by atoms with E-state index >= 15 is 0 Å². The Hall–Kier alpha value is -3.15. The zero-order valence-corrected chi connectivity index (χ0v) is 19.8. The van der Waals surface area contributed by atoms with E-state index < -0.39 is 5.60 Å². The molecule has 1 spiro atoms. The number of amides is 1. The van der Waals surface area contributed by atoms with Crippen LogP contribution in [-0.4, -0.2) is 48.2 Å². The summed E-state index contributed by atoms with van der Waals surface area (Å²) in [6, 6.07) is 9.29. The number of benzene rings is 2. The number of ketones is 2. The molecule has 0 atom stereocenters. The van der Waals surface area contributed by atoms with Crippen LogP contribution in [0.4, 0.5) is 0 Å². The van der Waals surface area contributed by atoms with Crippen LogP contribution in [-0.2, 0) is 4.79 Å². The summed E-state index contributed by atoms with van der Waals surface area (Å²) in [7, 11) is 1.54. The molecular formula is C27H31NO5. The predicted molar refractivity (Wildman–Crippen MR) is 125 cm³/mol. The molecule has 1 fully saturated rings. The van der Waals surface area contributed by atoms with Crippen molar-refractivity contribution in [1.82, 2.24) is 4.90 Å². The SMILES string of the molecule is COc1ccc(C)cc1C(=O)CCC(=O)N1CCC2(CC1)CC(=O)c1ccc(C)c(C)c1O2. The third kappa shape index (κ3) is 4.52. The van der Waals surface area contributed by atoms with Crippen molar-refractivity contribution in [3.05, 3.63) is 58.1 Å². The maximum atomic E-state index is 12.8. The minimum Gasteiger partial charge on any atom is -0.496 e. The lowest BCUT2D eigenvalue weighted by Crippen LogP contribution is -2.52. The molecule has 4 rings (SSSR count). The van der Waals surface area contributed by atoms with E-state index in [0.29, 0.717) is 55.0 Å². The zero-order chi connectivity index (χ0) is 23.8. The second kappa shape index (κ2) is 9.00. The molecule has 2 aliphatic rings. The van der Waals surface area contributed by atoms with Crippen LogP contribution >= 0.6 is 0 Å². The lowest BCUT2D eigenvalue weighted by Gasteiger charge is -2.44. The summed E-state index contributed by atoms with van der Waals surface area (Å²) in [6.45, 7) is 6.96. The first-order valence-electron chi connectivity index (χ1n) is 11.5. The van der Waals surface area contributed by atoms with Gasteiger partial charge in [-0.3, -0.25) is 14.4 Å². The summed E-state index contributed by atoms with van der Waals surface area (Å²) in [6.07, 6.45) is 1.86. The van der Waals surface area contributed by atoms with Crippen molar-refractivity contribution < 1.29 is 23.9 Å². The maximum Gasteiger partial charge on any atom is 0.223 e. The summed E-state index contributed by atoms with van der Waals surface area (Å²) in [4.78, 5) is 40.1. The summed E-state index contributed by atoms with van der Waals surface area (Å²) in [5.41, 5.74) is 3.70. The number of hydrogen-bond acceptors (Lipinski definition) is 5. The van der Waals surface area contributed by atoms with Crippen LogP contribution in [0.25, 0.3) is 0 Å². The Morgan fingerprint density at radius 2 is 1.79 bits per heavy atom. The van der Waals surface area contributed by atoms with Gasteiger partial charge >= 0.3 is 0 Å². The van der Waals surface area contributed by atoms with E-state index in [0.717, 1.165) is 16.7 Å². The lowest BCUT2D eigenvalue weighted by atomic mass is 9.81. The first-order valence-corrected chi connectivity index (χ1v) is 11.5. The number of carbonyl (C=O) groups excluding carboxylic acids is 3. The number of rotatable bonds is 5. The van der Waals surface area contributed by atoms with Gasteiger partial charge in [-0.2, -0.15) is 0 Å². The summed E-state index contributed by atoms with van der Waals surface area (Å²) < 4.78 is 11.7. The van der Waals surface area contributed by atoms with E-state index in [1.807, 2.05) is 39.0 Å². The van der Waals surface area contributed by atoms with Gasteiger partial charge in [-0.15, -0.1) is 0 Å². The van der Waals surface area contributed by atoms with Gasteiger partial charge in [0.05, 0.1) is 24.7 Å². The highest BCUT2D eigenvalue weighted by atomic mass is 16.5. The highest BCUT2D eigenvalue weighted by Gasteiger charge is 2.44. The topological polar surface area (TPSA) is 72.9 Å². The maximum absolute atomic E-state index is 12.8. The van der Waals surface area contributed by atoms with Crippen LogP contribution in [0.15, 0.2) is 30.3 Å². The fourth-order valence-corrected chi connectivity index (χ4v) is 4.78. The molecule has 0 unspecified atom stereocenters. The molecule has 0 aliphatic carbocycles. The number of fused-ring (bicyclic) bond motifs is 1. The van der Waals surface area contributed by atoms with Crippen molar-refractivity contribution in [1.29, 1.82) is 0 Å². The second-order valence-electron chi connectivity index (χ2n) is 9.28. The molecular weight excluding hydrogens is 418 g/mol. The fourth-order valence-electron chi connectivity index (χ4n) is 4.78. The molecule has 0 N–H and O–H groups in total. The minimum atomic E-state index is -0.551. The summed E-state index contributed by atoms with van der Waals surface area (Å²) in [5, 5.41) is 0. The minimum absolute atomic E-state index is 0.0422. The molecule has 0 bridgehead atoms. The first-order chi connectivity index (χ1) is 15.7. The van der Waals surface area contributed by atoms with Crippen molar-refractivity contribution in [2.75, 3.05) is 20.2 Å². The van der Waals surface area contributed by atoms with Gasteiger partial charge in [0, 0.05) is 38.8 Å². The van der Waals surface area contributed by atoms with E-state index in [-0.39, 0.29) is 30.3 Å². The molecule has 2 aliphatic heterocycles. The smallest absolute Gasteiger partial charge is 0.223 e. The van der Waals surface area contributed by atoms with Crippen molar-refractivity contribution >= 4 is 17.5 Å². The van der Waals surface area contributed by atoms with E-state index in [4.69, 9.17) is 9.47 Å². The van der Waals surface area contributed by atoms with Crippen molar-refractivity contribution in [2.45, 2.75) is 58.5 Å². The molecule has 1 saturated heterocycles. The average Bonchev–Trinajstić information content (AvgIpc) is 2.80. The molecule has 2 aromatic carbocycles. The first kappa shape index (κ1) is 23.0. The van der Waals surface area contributed by atoms with Gasteiger partial charge in [0.2, 0.25) is 5.91 Å². The summed E-state index contributed by atoms with van der Waals surface area (Å²) >= 11 is 0. The van der Waals surface area contributed by atoms with Gasteiger partial charge in [0.15, 0.2) is 11.6 Å². The summed E-state index contributed by atoms with van der Waals surface area (Å²) in [5.74, 6) is 1.20. The molecule has 0 aromatic heterocycles. The molecule has 2 aromatic rings. The van der Waals surface area contributed by atoms with Crippen LogP contribution in [0.5, 0.6) is 11.5 Å². The number of nitrogens with zero attached hydrogens (tertiary/aromatic N) is 1. The lowest BCUT2D eigenvalue weighted by molar-refractivity contribution is -0.134. The number of Topliss-reactive ketones (excluding diaryl/α,β-unsaturated/α-hetero) is 2. The zero-order valence-electron chi connectivity index (χ0n) is 19.8. The van der Waals surface area contributed by atoms with Crippen LogP contribution in [0.3, 0.4) is 0 Å². The number of aryl methyl sites for hydroxylation is 2. The van der Waals surface area contributed by atoms with Crippen molar-refractivity contribution in [3.8, 4) is 11.5 Å². The number of methoxy groups -OCH3 is 1. The number of piperidine rings is 1. The number of likely N-dealkylation sites (tertiary alicyclic amines) is 1. The molecule has 174 valence electrons. The Bertz CT molecular complexity index is 1110. The van der Waals surface area contributed by atoms with Crippen LogP contribution < -0.4 is 9.47 Å². The average molecular weight is 450 g/mol. The molecule has 1 amide bonds. The van der Waals surface area contributed by atoms with E-state index in [9.17, 15) is 14.4 Å². The quantitative estimate of drug-likeness (QED) is 0.624. The van der Waals surface area contributed by atoms with Gasteiger partial charge in [0.25, 0.3) is 0 Å². The monoisotopic (exact) mass is 449 g/mol. The Kier molecular flexibility index (Phi) is 6.28. The van der Waals surface area contributed by atoms with Gasteiger partial charge < -0.3 is 14.4 Å². The van der Waals surface area contributed by atoms with Crippen LogP contribution in [0, 0.1) is 20.8 Å². The molecule has 33 heavy (non-hydrogen) atoms. The molecule has 6 nitrogen and oxygen atoms in total. The highest BCUT2D eigenvalue weighted by Crippen LogP contribution is 2.41. The number of carbonyl (C=O) groups is 3. The highest BCUT2D eigenvalue weighted by molar-refractivity contribution is 6.01. The Morgan fingerprint density at radius 1 is 1.06 bits per heavy atom. The third-order valence-electron chi connectivity index (χ3n) is 7.03. The predicted octanol–water partition coefficient (Wildman–Crippen LogP) is 4.61. The Labute approximate surface area is 194 Å². The largest absolute Gasteiger partial charge is 0.496 e. The van der Waals surface area contributed by atoms with Gasteiger partial charge in [-0.25, -0.2) is 0 Å². The van der Waals surface area contributed by atoms with Gasteiger partial charge in [-0.1, -0.05) is 17.7 Å². The molecule has 2 heterocycles. The second-order valence-corrected chi connectivity index (χ2v) is 9.28. The Morgan fingerprint density at radius 3 is 2.48 bits per heavy atom. The standard InChI is InChI=1S/C27H31NO5/c1-17-5-9-24(32-4)21(15-17)22(29)8-10-25(31)28-13-11-27(12-14-28)16-23(30)20-7-6-18(2)19(3)26(20)33-27/h5-7,9,15H,8,10-14,16H2,1-4H3. The van der Waals surface area contributed by atoms with E-state index in [1.54, 1.807) is 17.0 Å². The number of hydrogen-bond donors (Lipinski definition) is 0. The molecule has 6 heteroatoms. The van der Waals surface area contributed by atoms with Crippen molar-refractivity contribution in [2.24, 2.45) is 0 Å². The third-order valence-corrected chi connectivity index (χ3v) is 7.03. The van der Waals surface area contributed by atoms with Gasteiger partial charge in [0.1, 0.15) is 17.1 Å². The van der Waals surface area contributed by atoms with E-state index in [1.165, 1.54) is 7.11 Å². The van der Waals surface area contributed by atoms with E-state index in [2.05, 4.69) is 0 Å². The van der Waals surface area contributed by atoms with Crippen LogP contribution in [0.1, 0.15) is 69.5 Å².